The van der Waals surface area contributed by atoms with Gasteiger partial charge in [0.25, 0.3) is 0 Å². The fourth-order valence-corrected chi connectivity index (χ4v) is 2.38. The summed E-state index contributed by atoms with van der Waals surface area (Å²) in [7, 11) is 0. The number of nitrogens with two attached hydrogens (primary N) is 1. The minimum atomic E-state index is 0.640. The van der Waals surface area contributed by atoms with Crippen molar-refractivity contribution in [3.8, 4) is 16.9 Å². The molecule has 2 N–H and O–H groups in total. The summed E-state index contributed by atoms with van der Waals surface area (Å²) in [6.45, 7) is 0. The molecule has 0 saturated heterocycles. The van der Waals surface area contributed by atoms with E-state index in [2.05, 4.69) is 25.9 Å². The first-order valence-corrected chi connectivity index (χ1v) is 7.01. The van der Waals surface area contributed by atoms with Gasteiger partial charge in [-0.1, -0.05) is 11.6 Å². The average molecular weight is 350 g/mol. The third kappa shape index (κ3) is 2.30. The van der Waals surface area contributed by atoms with Crippen LogP contribution in [0.15, 0.2) is 53.7 Å². The van der Waals surface area contributed by atoms with Gasteiger partial charge in [0.1, 0.15) is 0 Å². The molecule has 3 rings (SSSR count). The zero-order valence-electron chi connectivity index (χ0n) is 10.3. The molecule has 0 aliphatic rings. The van der Waals surface area contributed by atoms with E-state index in [1.807, 2.05) is 22.8 Å². The van der Waals surface area contributed by atoms with E-state index in [0.29, 0.717) is 10.7 Å². The summed E-state index contributed by atoms with van der Waals surface area (Å²) >= 11 is 9.52. The van der Waals surface area contributed by atoms with E-state index in [1.54, 1.807) is 31.0 Å². The quantitative estimate of drug-likeness (QED) is 0.762. The summed E-state index contributed by atoms with van der Waals surface area (Å²) < 4.78 is 2.77. The van der Waals surface area contributed by atoms with Gasteiger partial charge in [0.2, 0.25) is 0 Å². The highest BCUT2D eigenvalue weighted by atomic mass is 79.9. The van der Waals surface area contributed by atoms with Crippen molar-refractivity contribution < 1.29 is 0 Å². The van der Waals surface area contributed by atoms with Crippen molar-refractivity contribution in [2.24, 2.45) is 0 Å². The summed E-state index contributed by atoms with van der Waals surface area (Å²) in [4.78, 5) is 8.31. The van der Waals surface area contributed by atoms with Crippen molar-refractivity contribution in [1.82, 2.24) is 14.5 Å². The maximum absolute atomic E-state index is 6.14. The molecule has 0 radical (unpaired) electrons. The van der Waals surface area contributed by atoms with Gasteiger partial charge in [0, 0.05) is 33.8 Å². The first kappa shape index (κ1) is 13.1. The fourth-order valence-electron chi connectivity index (χ4n) is 1.95. The molecule has 0 aliphatic heterocycles. The number of nitrogens with zero attached hydrogens (tertiary/aromatic N) is 3. The van der Waals surface area contributed by atoms with Crippen molar-refractivity contribution in [3.05, 3.63) is 58.7 Å². The molecule has 6 heteroatoms. The Labute approximate surface area is 129 Å². The molecule has 0 fully saturated rings. The van der Waals surface area contributed by atoms with Crippen molar-refractivity contribution in [3.63, 3.8) is 0 Å². The average Bonchev–Trinajstić information content (AvgIpc) is 2.91. The minimum absolute atomic E-state index is 0.640. The number of anilines is 1. The Hall–Kier alpha value is -1.85. The SMILES string of the molecule is Nc1ccncc1-c1cncn1-c1ccc(Br)c(Cl)c1. The van der Waals surface area contributed by atoms with E-state index in [0.717, 1.165) is 21.4 Å². The number of imidazole rings is 1. The van der Waals surface area contributed by atoms with Gasteiger partial charge >= 0.3 is 0 Å². The zero-order valence-corrected chi connectivity index (χ0v) is 12.6. The minimum Gasteiger partial charge on any atom is -0.398 e. The highest BCUT2D eigenvalue weighted by Crippen LogP contribution is 2.29. The predicted octanol–water partition coefficient (Wildman–Crippen LogP) is 3.93. The second-order valence-corrected chi connectivity index (χ2v) is 5.47. The third-order valence-corrected chi connectivity index (χ3v) is 4.18. The monoisotopic (exact) mass is 348 g/mol. The number of halogens is 2. The largest absolute Gasteiger partial charge is 0.398 e. The van der Waals surface area contributed by atoms with E-state index in [1.165, 1.54) is 0 Å². The number of hydrogen-bond donors (Lipinski definition) is 1. The van der Waals surface area contributed by atoms with Crippen LogP contribution in [0.3, 0.4) is 0 Å². The van der Waals surface area contributed by atoms with Gasteiger partial charge in [0.05, 0.1) is 23.2 Å². The second kappa shape index (κ2) is 5.26. The van der Waals surface area contributed by atoms with Crippen molar-refractivity contribution in [1.29, 1.82) is 0 Å². The highest BCUT2D eigenvalue weighted by Gasteiger charge is 2.11. The molecular formula is C14H10BrClN4. The lowest BCUT2D eigenvalue weighted by Crippen LogP contribution is -1.98. The maximum Gasteiger partial charge on any atom is 0.0997 e. The van der Waals surface area contributed by atoms with Gasteiger partial charge in [-0.2, -0.15) is 0 Å². The molecule has 1 aromatic carbocycles. The van der Waals surface area contributed by atoms with Crippen LogP contribution in [0.2, 0.25) is 5.02 Å². The Kier molecular flexibility index (Phi) is 3.46. The Balaban J connectivity index is 2.15. The fraction of sp³-hybridized carbons (Fsp3) is 0. The normalized spacial score (nSPS) is 10.7. The molecule has 0 amide bonds. The smallest absolute Gasteiger partial charge is 0.0997 e. The molecule has 0 aliphatic carbocycles. The summed E-state index contributed by atoms with van der Waals surface area (Å²) in [5.74, 6) is 0. The standard InChI is InChI=1S/C14H10BrClN4/c15-11-2-1-9(5-12(11)16)20-8-19-7-14(20)10-6-18-4-3-13(10)17/h1-8H,(H2,17,18). The van der Waals surface area contributed by atoms with Crippen LogP contribution in [0, 0.1) is 0 Å². The highest BCUT2D eigenvalue weighted by molar-refractivity contribution is 9.10. The third-order valence-electron chi connectivity index (χ3n) is 2.95. The van der Waals surface area contributed by atoms with Crippen LogP contribution in [0.1, 0.15) is 0 Å². The van der Waals surface area contributed by atoms with E-state index < -0.39 is 0 Å². The number of rotatable bonds is 2. The Morgan fingerprint density at radius 2 is 2.00 bits per heavy atom. The summed E-state index contributed by atoms with van der Waals surface area (Å²) in [5.41, 5.74) is 9.27. The van der Waals surface area contributed by atoms with Gasteiger partial charge in [-0.05, 0) is 40.2 Å². The number of benzene rings is 1. The number of hydrogen-bond acceptors (Lipinski definition) is 3. The van der Waals surface area contributed by atoms with Gasteiger partial charge in [0.15, 0.2) is 0 Å². The topological polar surface area (TPSA) is 56.7 Å². The van der Waals surface area contributed by atoms with Gasteiger partial charge < -0.3 is 5.73 Å². The van der Waals surface area contributed by atoms with Crippen LogP contribution in [0.4, 0.5) is 5.69 Å². The molecule has 0 saturated carbocycles. The lowest BCUT2D eigenvalue weighted by atomic mass is 10.2. The Morgan fingerprint density at radius 1 is 1.15 bits per heavy atom. The molecule has 0 spiro atoms. The summed E-state index contributed by atoms with van der Waals surface area (Å²) in [5, 5.41) is 0.640. The lowest BCUT2D eigenvalue weighted by Gasteiger charge is -2.10. The number of pyridine rings is 1. The molecule has 4 nitrogen and oxygen atoms in total. The first-order valence-electron chi connectivity index (χ1n) is 5.84. The van der Waals surface area contributed by atoms with Crippen LogP contribution in [-0.2, 0) is 0 Å². The molecule has 100 valence electrons. The van der Waals surface area contributed by atoms with Crippen LogP contribution >= 0.6 is 27.5 Å². The van der Waals surface area contributed by atoms with E-state index >= 15 is 0 Å². The van der Waals surface area contributed by atoms with Crippen LogP contribution in [0.25, 0.3) is 16.9 Å². The molecular weight excluding hydrogens is 340 g/mol. The zero-order chi connectivity index (χ0) is 14.1. The van der Waals surface area contributed by atoms with Crippen LogP contribution in [-0.4, -0.2) is 14.5 Å². The van der Waals surface area contributed by atoms with Crippen molar-refractivity contribution in [2.45, 2.75) is 0 Å². The van der Waals surface area contributed by atoms with E-state index in [-0.39, 0.29) is 0 Å². The van der Waals surface area contributed by atoms with Gasteiger partial charge in [-0.15, -0.1) is 0 Å². The Bertz CT molecular complexity index is 769. The first-order chi connectivity index (χ1) is 9.66. The molecule has 2 aromatic heterocycles. The molecule has 0 atom stereocenters. The molecule has 20 heavy (non-hydrogen) atoms. The Morgan fingerprint density at radius 3 is 2.75 bits per heavy atom. The second-order valence-electron chi connectivity index (χ2n) is 4.21. The molecule has 0 bridgehead atoms. The van der Waals surface area contributed by atoms with E-state index in [4.69, 9.17) is 17.3 Å². The van der Waals surface area contributed by atoms with Crippen molar-refractivity contribution >= 4 is 33.2 Å². The number of nitrogen functional groups attached to an aromatic ring is 1. The van der Waals surface area contributed by atoms with Crippen molar-refractivity contribution in [2.75, 3.05) is 5.73 Å². The summed E-state index contributed by atoms with van der Waals surface area (Å²) in [6.07, 6.45) is 6.87. The lowest BCUT2D eigenvalue weighted by molar-refractivity contribution is 1.06. The predicted molar refractivity (Wildman–Crippen MR) is 83.9 cm³/mol. The maximum atomic E-state index is 6.14. The van der Waals surface area contributed by atoms with Gasteiger partial charge in [-0.3, -0.25) is 9.55 Å². The van der Waals surface area contributed by atoms with Crippen LogP contribution < -0.4 is 5.73 Å². The molecule has 2 heterocycles. The van der Waals surface area contributed by atoms with E-state index in [9.17, 15) is 0 Å². The van der Waals surface area contributed by atoms with Gasteiger partial charge in [-0.25, -0.2) is 4.98 Å². The molecule has 3 aromatic rings. The molecule has 0 unspecified atom stereocenters. The van der Waals surface area contributed by atoms with Crippen LogP contribution in [0.5, 0.6) is 0 Å². The number of aromatic nitrogens is 3. The summed E-state index contributed by atoms with van der Waals surface area (Å²) in [6, 6.07) is 7.48.